The van der Waals surface area contributed by atoms with Crippen molar-refractivity contribution in [3.63, 3.8) is 0 Å². The van der Waals surface area contributed by atoms with Crippen molar-refractivity contribution in [3.8, 4) is 17.6 Å². The number of anilines is 2. The Morgan fingerprint density at radius 1 is 1.08 bits per heavy atom. The van der Waals surface area contributed by atoms with Crippen molar-refractivity contribution in [2.24, 2.45) is 11.8 Å². The standard InChI is InChI=1S/C27H27N5O4/c1-15(2)11-16-3-6-18(7-4-16)22-19(13-28)25(33)30-24-23(22)26(34)32-27(31-24)29-14-17-5-8-20-21(12-17)36-10-9-35-20/h3-8,12,15,19,22H,9-11,14H2,1-2H3,(H3,29,30,31,32,33,34). The van der Waals surface area contributed by atoms with Gasteiger partial charge in [0.05, 0.1) is 11.6 Å². The number of H-pyrrole nitrogens is 1. The SMILES string of the molecule is CC(C)Cc1ccc(C2c3c(nc(NCc4ccc5c(c4)OCCO5)[nH]c3=O)NC(=O)C2C#N)cc1. The summed E-state index contributed by atoms with van der Waals surface area (Å²) in [5, 5.41) is 15.5. The van der Waals surface area contributed by atoms with E-state index in [0.717, 1.165) is 23.1 Å². The summed E-state index contributed by atoms with van der Waals surface area (Å²) in [7, 11) is 0. The van der Waals surface area contributed by atoms with Gasteiger partial charge in [-0.15, -0.1) is 0 Å². The first-order valence-electron chi connectivity index (χ1n) is 12.0. The average Bonchev–Trinajstić information content (AvgIpc) is 2.86. The van der Waals surface area contributed by atoms with E-state index in [-0.39, 0.29) is 17.3 Å². The third-order valence-corrected chi connectivity index (χ3v) is 6.31. The number of aromatic amines is 1. The highest BCUT2D eigenvalue weighted by Crippen LogP contribution is 2.38. The summed E-state index contributed by atoms with van der Waals surface area (Å²) >= 11 is 0. The van der Waals surface area contributed by atoms with Gasteiger partial charge in [0.2, 0.25) is 11.9 Å². The van der Waals surface area contributed by atoms with Gasteiger partial charge in [-0.3, -0.25) is 14.6 Å². The maximum absolute atomic E-state index is 13.2. The van der Waals surface area contributed by atoms with Gasteiger partial charge in [-0.2, -0.15) is 10.2 Å². The number of amides is 1. The Bertz CT molecular complexity index is 1390. The highest BCUT2D eigenvalue weighted by Gasteiger charge is 2.40. The molecular weight excluding hydrogens is 458 g/mol. The lowest BCUT2D eigenvalue weighted by Crippen LogP contribution is -2.38. The number of aromatic nitrogens is 2. The molecule has 36 heavy (non-hydrogen) atoms. The number of benzene rings is 2. The minimum absolute atomic E-state index is 0.163. The Labute approximate surface area is 208 Å². The van der Waals surface area contributed by atoms with E-state index >= 15 is 0 Å². The van der Waals surface area contributed by atoms with Crippen LogP contribution in [-0.4, -0.2) is 29.1 Å². The summed E-state index contributed by atoms with van der Waals surface area (Å²) < 4.78 is 11.2. The number of nitriles is 1. The number of carbonyl (C=O) groups excluding carboxylic acids is 1. The first-order chi connectivity index (χ1) is 17.4. The second kappa shape index (κ2) is 9.74. The van der Waals surface area contributed by atoms with Gasteiger partial charge in [0.15, 0.2) is 11.5 Å². The summed E-state index contributed by atoms with van der Waals surface area (Å²) in [6.45, 7) is 5.67. The van der Waals surface area contributed by atoms with Crippen molar-refractivity contribution < 1.29 is 14.3 Å². The van der Waals surface area contributed by atoms with Crippen molar-refractivity contribution in [3.05, 3.63) is 75.1 Å². The molecule has 0 saturated carbocycles. The van der Waals surface area contributed by atoms with Gasteiger partial charge in [-0.1, -0.05) is 44.2 Å². The molecule has 2 unspecified atom stereocenters. The number of ether oxygens (including phenoxy) is 2. The summed E-state index contributed by atoms with van der Waals surface area (Å²) in [5.74, 6) is 0.0309. The van der Waals surface area contributed by atoms with Crippen LogP contribution in [0.15, 0.2) is 47.3 Å². The van der Waals surface area contributed by atoms with E-state index in [0.29, 0.717) is 37.2 Å². The highest BCUT2D eigenvalue weighted by atomic mass is 16.6. The van der Waals surface area contributed by atoms with Crippen LogP contribution in [-0.2, 0) is 17.8 Å². The number of nitrogens with one attached hydrogen (secondary N) is 3. The van der Waals surface area contributed by atoms with E-state index in [9.17, 15) is 14.9 Å². The number of nitrogens with zero attached hydrogens (tertiary/aromatic N) is 2. The third-order valence-electron chi connectivity index (χ3n) is 6.31. The summed E-state index contributed by atoms with van der Waals surface area (Å²) in [5.41, 5.74) is 2.68. The predicted molar refractivity (Wildman–Crippen MR) is 134 cm³/mol. The van der Waals surface area contributed by atoms with E-state index in [1.807, 2.05) is 42.5 Å². The van der Waals surface area contributed by atoms with Crippen molar-refractivity contribution in [1.29, 1.82) is 5.26 Å². The minimum Gasteiger partial charge on any atom is -0.486 e. The van der Waals surface area contributed by atoms with Gasteiger partial charge in [0.1, 0.15) is 24.9 Å². The average molecular weight is 486 g/mol. The van der Waals surface area contributed by atoms with Crippen molar-refractivity contribution >= 4 is 17.7 Å². The summed E-state index contributed by atoms with van der Waals surface area (Å²) in [4.78, 5) is 33.2. The second-order valence-corrected chi connectivity index (χ2v) is 9.42. The topological polar surface area (TPSA) is 129 Å². The first-order valence-corrected chi connectivity index (χ1v) is 12.0. The van der Waals surface area contributed by atoms with Crippen molar-refractivity contribution in [2.45, 2.75) is 32.7 Å². The van der Waals surface area contributed by atoms with Gasteiger partial charge in [0.25, 0.3) is 5.56 Å². The monoisotopic (exact) mass is 485 g/mol. The molecule has 5 rings (SSSR count). The van der Waals surface area contributed by atoms with E-state index in [4.69, 9.17) is 9.47 Å². The first kappa shape index (κ1) is 23.4. The van der Waals surface area contributed by atoms with Gasteiger partial charge >= 0.3 is 0 Å². The molecule has 2 aromatic carbocycles. The van der Waals surface area contributed by atoms with E-state index in [2.05, 4.69) is 40.5 Å². The zero-order valence-corrected chi connectivity index (χ0v) is 20.1. The van der Waals surface area contributed by atoms with Crippen LogP contribution in [0.25, 0.3) is 0 Å². The lowest BCUT2D eigenvalue weighted by molar-refractivity contribution is -0.119. The largest absolute Gasteiger partial charge is 0.486 e. The molecule has 2 aliphatic rings. The lowest BCUT2D eigenvalue weighted by Gasteiger charge is -2.28. The van der Waals surface area contributed by atoms with Gasteiger partial charge in [-0.05, 0) is 41.2 Å². The predicted octanol–water partition coefficient (Wildman–Crippen LogP) is 3.58. The molecule has 184 valence electrons. The third kappa shape index (κ3) is 4.62. The molecule has 0 fully saturated rings. The molecule has 9 nitrogen and oxygen atoms in total. The summed E-state index contributed by atoms with van der Waals surface area (Å²) in [6.07, 6.45) is 0.921. The molecule has 0 aliphatic carbocycles. The van der Waals surface area contributed by atoms with Gasteiger partial charge in [-0.25, -0.2) is 0 Å². The molecule has 0 bridgehead atoms. The van der Waals surface area contributed by atoms with Crippen molar-refractivity contribution in [2.75, 3.05) is 23.8 Å². The minimum atomic E-state index is -1.03. The Morgan fingerprint density at radius 2 is 1.81 bits per heavy atom. The van der Waals surface area contributed by atoms with Crippen LogP contribution >= 0.6 is 0 Å². The van der Waals surface area contributed by atoms with Crippen LogP contribution in [0.3, 0.4) is 0 Å². The number of carbonyl (C=O) groups is 1. The normalized spacial score (nSPS) is 18.2. The Kier molecular flexibility index (Phi) is 6.34. The molecule has 1 amide bonds. The molecule has 9 heteroatoms. The van der Waals surface area contributed by atoms with Crippen LogP contribution in [0, 0.1) is 23.2 Å². The molecule has 0 radical (unpaired) electrons. The molecule has 0 spiro atoms. The molecular formula is C27H27N5O4. The number of rotatable bonds is 6. The fraction of sp³-hybridized carbons (Fsp3) is 0.333. The highest BCUT2D eigenvalue weighted by molar-refractivity contribution is 5.97. The van der Waals surface area contributed by atoms with Crippen LogP contribution in [0.2, 0.25) is 0 Å². The van der Waals surface area contributed by atoms with Crippen LogP contribution in [0.1, 0.15) is 42.0 Å². The molecule has 3 aromatic rings. The zero-order chi connectivity index (χ0) is 25.2. The molecule has 0 saturated heterocycles. The van der Waals surface area contributed by atoms with Gasteiger partial charge in [0, 0.05) is 12.5 Å². The second-order valence-electron chi connectivity index (χ2n) is 9.42. The van der Waals surface area contributed by atoms with Crippen LogP contribution in [0.5, 0.6) is 11.5 Å². The fourth-order valence-corrected chi connectivity index (χ4v) is 4.67. The molecule has 3 N–H and O–H groups in total. The summed E-state index contributed by atoms with van der Waals surface area (Å²) in [6, 6.07) is 15.4. The zero-order valence-electron chi connectivity index (χ0n) is 20.1. The number of fused-ring (bicyclic) bond motifs is 2. The fourth-order valence-electron chi connectivity index (χ4n) is 4.67. The molecule has 2 atom stereocenters. The molecule has 2 aliphatic heterocycles. The molecule has 3 heterocycles. The smallest absolute Gasteiger partial charge is 0.258 e. The number of hydrogen-bond acceptors (Lipinski definition) is 7. The maximum atomic E-state index is 13.2. The number of hydrogen-bond donors (Lipinski definition) is 3. The lowest BCUT2D eigenvalue weighted by atomic mass is 9.79. The Balaban J connectivity index is 1.43. The maximum Gasteiger partial charge on any atom is 0.258 e. The van der Waals surface area contributed by atoms with Crippen molar-refractivity contribution in [1.82, 2.24) is 9.97 Å². The van der Waals surface area contributed by atoms with E-state index < -0.39 is 23.3 Å². The van der Waals surface area contributed by atoms with E-state index in [1.165, 1.54) is 0 Å². The van der Waals surface area contributed by atoms with E-state index in [1.54, 1.807) is 0 Å². The molecule has 1 aromatic heterocycles. The van der Waals surface area contributed by atoms with Crippen LogP contribution in [0.4, 0.5) is 11.8 Å². The van der Waals surface area contributed by atoms with Gasteiger partial charge < -0.3 is 20.1 Å². The quantitative estimate of drug-likeness (QED) is 0.487. The van der Waals surface area contributed by atoms with Crippen LogP contribution < -0.4 is 25.7 Å². The Hall–Kier alpha value is -4.32. The Morgan fingerprint density at radius 3 is 2.53 bits per heavy atom.